The van der Waals surface area contributed by atoms with Crippen molar-refractivity contribution < 1.29 is 18.4 Å². The van der Waals surface area contributed by atoms with Crippen molar-refractivity contribution in [3.8, 4) is 28.5 Å². The number of nitrogens with one attached hydrogen (secondary N) is 1. The quantitative estimate of drug-likeness (QED) is 0.258. The maximum atomic E-state index is 12.7. The molecule has 34 heavy (non-hydrogen) atoms. The third kappa shape index (κ3) is 4.23. The predicted molar refractivity (Wildman–Crippen MR) is 133 cm³/mol. The van der Waals surface area contributed by atoms with Gasteiger partial charge in [-0.25, -0.2) is 4.98 Å². The van der Waals surface area contributed by atoms with E-state index >= 15 is 0 Å². The number of halogens is 3. The summed E-state index contributed by atoms with van der Waals surface area (Å²) in [6.07, 6.45) is 0. The van der Waals surface area contributed by atoms with Gasteiger partial charge in [0, 0.05) is 16.8 Å². The van der Waals surface area contributed by atoms with Gasteiger partial charge in [0.15, 0.2) is 11.3 Å². The first kappa shape index (κ1) is 22.3. The van der Waals surface area contributed by atoms with Crippen molar-refractivity contribution in [3.05, 3.63) is 87.6 Å². The zero-order chi connectivity index (χ0) is 23.8. The molecular formula is C25H15Cl3N2O4. The van der Waals surface area contributed by atoms with Gasteiger partial charge in [-0.1, -0.05) is 40.9 Å². The number of hydrogen-bond acceptors (Lipinski definition) is 5. The van der Waals surface area contributed by atoms with Crippen molar-refractivity contribution in [3.63, 3.8) is 0 Å². The molecule has 5 rings (SSSR count). The topological polar surface area (TPSA) is 77.5 Å². The lowest BCUT2D eigenvalue weighted by atomic mass is 10.2. The normalized spacial score (nSPS) is 11.1. The minimum absolute atomic E-state index is 0.125. The van der Waals surface area contributed by atoms with Gasteiger partial charge in [-0.15, -0.1) is 0 Å². The first-order chi connectivity index (χ1) is 16.4. The molecule has 1 amide bonds. The molecule has 0 aliphatic rings. The fourth-order valence-electron chi connectivity index (χ4n) is 3.42. The summed E-state index contributed by atoms with van der Waals surface area (Å²) in [6.45, 7) is 0. The third-order valence-electron chi connectivity index (χ3n) is 5.09. The predicted octanol–water partition coefficient (Wildman–Crippen LogP) is 7.98. The van der Waals surface area contributed by atoms with Crippen molar-refractivity contribution in [2.45, 2.75) is 0 Å². The summed E-state index contributed by atoms with van der Waals surface area (Å²) >= 11 is 18.5. The minimum Gasteiger partial charge on any atom is -0.495 e. The molecule has 2 heterocycles. The number of carbonyl (C=O) groups excluding carboxylic acids is 1. The standard InChI is InChI=1S/C25H15Cl3N2O4/c1-32-20-7-5-13(11-17(20)27)25-30-18-12-14(6-8-21(18)34-25)29-24(31)22-10-9-19(33-22)15-3-2-4-16(26)23(15)28/h2-12H,1H3,(H,29,31). The summed E-state index contributed by atoms with van der Waals surface area (Å²) in [5, 5.41) is 4.01. The summed E-state index contributed by atoms with van der Waals surface area (Å²) in [6, 6.07) is 18.9. The van der Waals surface area contributed by atoms with Crippen LogP contribution in [-0.2, 0) is 0 Å². The number of furan rings is 1. The van der Waals surface area contributed by atoms with Crippen LogP contribution in [0, 0.1) is 0 Å². The molecule has 0 aliphatic heterocycles. The maximum Gasteiger partial charge on any atom is 0.291 e. The number of hydrogen-bond donors (Lipinski definition) is 1. The zero-order valence-corrected chi connectivity index (χ0v) is 19.8. The second-order valence-electron chi connectivity index (χ2n) is 7.27. The van der Waals surface area contributed by atoms with Crippen molar-refractivity contribution in [1.29, 1.82) is 0 Å². The Morgan fingerprint density at radius 1 is 0.941 bits per heavy atom. The fraction of sp³-hybridized carbons (Fsp3) is 0.0400. The third-order valence-corrected chi connectivity index (χ3v) is 6.21. The average molecular weight is 514 g/mol. The van der Waals surface area contributed by atoms with Gasteiger partial charge in [0.1, 0.15) is 17.0 Å². The minimum atomic E-state index is -0.422. The smallest absolute Gasteiger partial charge is 0.291 e. The first-order valence-corrected chi connectivity index (χ1v) is 11.2. The Hall–Kier alpha value is -3.45. The highest BCUT2D eigenvalue weighted by Crippen LogP contribution is 2.35. The summed E-state index contributed by atoms with van der Waals surface area (Å²) in [5.74, 6) is 1.10. The summed E-state index contributed by atoms with van der Waals surface area (Å²) in [4.78, 5) is 17.3. The molecule has 0 saturated heterocycles. The van der Waals surface area contributed by atoms with Gasteiger partial charge in [-0.05, 0) is 60.7 Å². The summed E-state index contributed by atoms with van der Waals surface area (Å²) in [7, 11) is 1.55. The van der Waals surface area contributed by atoms with Gasteiger partial charge >= 0.3 is 0 Å². The lowest BCUT2D eigenvalue weighted by molar-refractivity contribution is 0.0997. The van der Waals surface area contributed by atoms with E-state index in [0.717, 1.165) is 0 Å². The van der Waals surface area contributed by atoms with E-state index < -0.39 is 5.91 Å². The van der Waals surface area contributed by atoms with Crippen LogP contribution in [0.15, 0.2) is 75.6 Å². The Morgan fingerprint density at radius 3 is 2.59 bits per heavy atom. The van der Waals surface area contributed by atoms with Crippen LogP contribution in [-0.4, -0.2) is 18.0 Å². The number of nitrogens with zero attached hydrogens (tertiary/aromatic N) is 1. The number of rotatable bonds is 5. The molecule has 1 N–H and O–H groups in total. The monoisotopic (exact) mass is 512 g/mol. The number of amides is 1. The molecule has 0 saturated carbocycles. The van der Waals surface area contributed by atoms with Crippen molar-refractivity contribution in [2.75, 3.05) is 12.4 Å². The van der Waals surface area contributed by atoms with E-state index in [1.54, 1.807) is 73.8 Å². The molecule has 170 valence electrons. The average Bonchev–Trinajstić information content (AvgIpc) is 3.48. The van der Waals surface area contributed by atoms with E-state index in [0.29, 0.717) is 60.4 Å². The molecule has 0 fully saturated rings. The second kappa shape index (κ2) is 9.06. The van der Waals surface area contributed by atoms with Crippen LogP contribution in [0.2, 0.25) is 15.1 Å². The number of aromatic nitrogens is 1. The van der Waals surface area contributed by atoms with Gasteiger partial charge in [0.25, 0.3) is 5.91 Å². The molecule has 5 aromatic rings. The Kier molecular flexibility index (Phi) is 5.96. The van der Waals surface area contributed by atoms with Gasteiger partial charge in [-0.2, -0.15) is 0 Å². The zero-order valence-electron chi connectivity index (χ0n) is 17.6. The Bertz CT molecular complexity index is 1540. The van der Waals surface area contributed by atoms with Crippen LogP contribution in [0.4, 0.5) is 5.69 Å². The molecule has 0 radical (unpaired) electrons. The molecule has 2 aromatic heterocycles. The van der Waals surface area contributed by atoms with E-state index in [1.165, 1.54) is 0 Å². The van der Waals surface area contributed by atoms with Crippen molar-refractivity contribution in [2.24, 2.45) is 0 Å². The van der Waals surface area contributed by atoms with Gasteiger partial charge in [0.2, 0.25) is 5.89 Å². The van der Waals surface area contributed by atoms with E-state index in [2.05, 4.69) is 10.3 Å². The number of fused-ring (bicyclic) bond motifs is 1. The van der Waals surface area contributed by atoms with Crippen LogP contribution >= 0.6 is 34.8 Å². The number of methoxy groups -OCH3 is 1. The molecule has 0 bridgehead atoms. The molecule has 0 spiro atoms. The van der Waals surface area contributed by atoms with Crippen LogP contribution in [0.1, 0.15) is 10.6 Å². The molecular weight excluding hydrogens is 499 g/mol. The number of oxazole rings is 1. The van der Waals surface area contributed by atoms with E-state index in [1.807, 2.05) is 0 Å². The molecule has 6 nitrogen and oxygen atoms in total. The molecule has 0 atom stereocenters. The Labute approximate surface area is 209 Å². The number of carbonyl (C=O) groups is 1. The highest BCUT2D eigenvalue weighted by molar-refractivity contribution is 6.43. The second-order valence-corrected chi connectivity index (χ2v) is 8.46. The van der Waals surface area contributed by atoms with Crippen LogP contribution in [0.25, 0.3) is 33.9 Å². The Balaban J connectivity index is 1.37. The molecule has 0 aliphatic carbocycles. The number of ether oxygens (including phenoxy) is 1. The van der Waals surface area contributed by atoms with Crippen LogP contribution < -0.4 is 10.1 Å². The number of anilines is 1. The molecule has 0 unspecified atom stereocenters. The summed E-state index contributed by atoms with van der Waals surface area (Å²) in [5.41, 5.74) is 2.98. The lowest BCUT2D eigenvalue weighted by Gasteiger charge is -2.04. The maximum absolute atomic E-state index is 12.7. The van der Waals surface area contributed by atoms with Gasteiger partial charge in [0.05, 0.1) is 22.2 Å². The van der Waals surface area contributed by atoms with Crippen molar-refractivity contribution >= 4 is 57.5 Å². The fourth-order valence-corrected chi connectivity index (χ4v) is 4.07. The van der Waals surface area contributed by atoms with E-state index in [-0.39, 0.29) is 5.76 Å². The Morgan fingerprint density at radius 2 is 1.79 bits per heavy atom. The largest absolute Gasteiger partial charge is 0.495 e. The molecule has 3 aromatic carbocycles. The van der Waals surface area contributed by atoms with E-state index in [9.17, 15) is 4.79 Å². The molecule has 9 heteroatoms. The van der Waals surface area contributed by atoms with Gasteiger partial charge < -0.3 is 18.9 Å². The first-order valence-electron chi connectivity index (χ1n) is 10.0. The SMILES string of the molecule is COc1ccc(-c2nc3cc(NC(=O)c4ccc(-c5cccc(Cl)c5Cl)o4)ccc3o2)cc1Cl. The van der Waals surface area contributed by atoms with Crippen LogP contribution in [0.3, 0.4) is 0 Å². The van der Waals surface area contributed by atoms with Gasteiger partial charge in [-0.3, -0.25) is 4.79 Å². The van der Waals surface area contributed by atoms with E-state index in [4.69, 9.17) is 48.4 Å². The van der Waals surface area contributed by atoms with Crippen molar-refractivity contribution in [1.82, 2.24) is 4.98 Å². The van der Waals surface area contributed by atoms with Crippen LogP contribution in [0.5, 0.6) is 5.75 Å². The highest BCUT2D eigenvalue weighted by Gasteiger charge is 2.16. The number of benzene rings is 3. The highest BCUT2D eigenvalue weighted by atomic mass is 35.5. The lowest BCUT2D eigenvalue weighted by Crippen LogP contribution is -2.10. The summed E-state index contributed by atoms with van der Waals surface area (Å²) < 4.78 is 16.7.